The van der Waals surface area contributed by atoms with Crippen LogP contribution in [-0.2, 0) is 6.54 Å². The molecule has 0 aliphatic heterocycles. The van der Waals surface area contributed by atoms with Crippen LogP contribution in [0.25, 0.3) is 0 Å². The smallest absolute Gasteiger partial charge is 0.118 e. The second-order valence-corrected chi connectivity index (χ2v) is 4.68. The quantitative estimate of drug-likeness (QED) is 0.849. The summed E-state index contributed by atoms with van der Waals surface area (Å²) >= 11 is 0. The molecule has 0 aromatic heterocycles. The highest BCUT2D eigenvalue weighted by atomic mass is 35.5. The number of halogens is 1. The zero-order valence-electron chi connectivity index (χ0n) is 12.2. The van der Waals surface area contributed by atoms with Crippen molar-refractivity contribution >= 4 is 18.1 Å². The summed E-state index contributed by atoms with van der Waals surface area (Å²) in [5.41, 5.74) is 2.41. The van der Waals surface area contributed by atoms with Crippen LogP contribution in [0.15, 0.2) is 54.6 Å². The number of aliphatic hydroxyl groups is 1. The molecule has 21 heavy (non-hydrogen) atoms. The van der Waals surface area contributed by atoms with Crippen LogP contribution in [0.4, 0.5) is 5.69 Å². The molecule has 0 amide bonds. The van der Waals surface area contributed by atoms with Gasteiger partial charge in [-0.3, -0.25) is 0 Å². The molecule has 0 aliphatic rings. The van der Waals surface area contributed by atoms with E-state index in [1.165, 1.54) is 11.3 Å². The van der Waals surface area contributed by atoms with Crippen molar-refractivity contribution < 1.29 is 9.84 Å². The molecule has 0 radical (unpaired) electrons. The van der Waals surface area contributed by atoms with Crippen molar-refractivity contribution in [3.05, 3.63) is 60.2 Å². The van der Waals surface area contributed by atoms with Gasteiger partial charge in [-0.05, 0) is 36.2 Å². The average Bonchev–Trinajstić information content (AvgIpc) is 2.53. The van der Waals surface area contributed by atoms with Gasteiger partial charge in [0.15, 0.2) is 0 Å². The first-order chi connectivity index (χ1) is 9.83. The number of hydrogen-bond donors (Lipinski definition) is 1. The van der Waals surface area contributed by atoms with Gasteiger partial charge in [0.05, 0.1) is 7.11 Å². The molecule has 0 unspecified atom stereocenters. The minimum absolute atomic E-state index is 0. The molecular formula is C17H22ClNO2. The minimum atomic E-state index is 0. The lowest BCUT2D eigenvalue weighted by atomic mass is 10.2. The fourth-order valence-electron chi connectivity index (χ4n) is 2.15. The van der Waals surface area contributed by atoms with Crippen molar-refractivity contribution in [2.75, 3.05) is 25.2 Å². The van der Waals surface area contributed by atoms with Gasteiger partial charge in [0.25, 0.3) is 0 Å². The van der Waals surface area contributed by atoms with Gasteiger partial charge < -0.3 is 14.7 Å². The van der Waals surface area contributed by atoms with E-state index in [0.29, 0.717) is 0 Å². The SMILES string of the molecule is COc1ccc(CN(CCCO)c2ccccc2)cc1.Cl. The molecule has 114 valence electrons. The Morgan fingerprint density at radius 2 is 1.67 bits per heavy atom. The molecule has 0 atom stereocenters. The Morgan fingerprint density at radius 3 is 2.24 bits per heavy atom. The summed E-state index contributed by atoms with van der Waals surface area (Å²) in [7, 11) is 1.67. The van der Waals surface area contributed by atoms with Gasteiger partial charge in [-0.25, -0.2) is 0 Å². The van der Waals surface area contributed by atoms with Crippen LogP contribution in [0.2, 0.25) is 0 Å². The summed E-state index contributed by atoms with van der Waals surface area (Å²) in [5, 5.41) is 9.05. The van der Waals surface area contributed by atoms with Gasteiger partial charge >= 0.3 is 0 Å². The highest BCUT2D eigenvalue weighted by Crippen LogP contribution is 2.19. The first-order valence-electron chi connectivity index (χ1n) is 6.87. The molecule has 2 aromatic rings. The number of benzene rings is 2. The van der Waals surface area contributed by atoms with Crippen molar-refractivity contribution in [2.45, 2.75) is 13.0 Å². The van der Waals surface area contributed by atoms with Crippen LogP contribution < -0.4 is 9.64 Å². The second kappa shape index (κ2) is 9.27. The van der Waals surface area contributed by atoms with Crippen LogP contribution >= 0.6 is 12.4 Å². The number of rotatable bonds is 7. The Kier molecular flexibility index (Phi) is 7.65. The van der Waals surface area contributed by atoms with Crippen LogP contribution in [0.1, 0.15) is 12.0 Å². The van der Waals surface area contributed by atoms with Gasteiger partial charge in [0.2, 0.25) is 0 Å². The van der Waals surface area contributed by atoms with Crippen molar-refractivity contribution in [2.24, 2.45) is 0 Å². The van der Waals surface area contributed by atoms with Crippen molar-refractivity contribution in [3.8, 4) is 5.75 Å². The molecule has 0 heterocycles. The number of hydrogen-bond acceptors (Lipinski definition) is 3. The molecule has 0 bridgehead atoms. The number of nitrogens with zero attached hydrogens (tertiary/aromatic N) is 1. The van der Waals surface area contributed by atoms with E-state index >= 15 is 0 Å². The number of methoxy groups -OCH3 is 1. The Morgan fingerprint density at radius 1 is 1.00 bits per heavy atom. The zero-order valence-corrected chi connectivity index (χ0v) is 13.1. The van der Waals surface area contributed by atoms with E-state index in [0.717, 1.165) is 25.3 Å². The van der Waals surface area contributed by atoms with Gasteiger partial charge in [0.1, 0.15) is 5.75 Å². The lowest BCUT2D eigenvalue weighted by Gasteiger charge is -2.24. The third-order valence-electron chi connectivity index (χ3n) is 3.24. The number of para-hydroxylation sites is 1. The molecule has 2 rings (SSSR count). The van der Waals surface area contributed by atoms with E-state index < -0.39 is 0 Å². The van der Waals surface area contributed by atoms with Gasteiger partial charge in [0, 0.05) is 25.4 Å². The average molecular weight is 308 g/mol. The summed E-state index contributed by atoms with van der Waals surface area (Å²) in [6.07, 6.45) is 0.769. The fraction of sp³-hybridized carbons (Fsp3) is 0.294. The van der Waals surface area contributed by atoms with Gasteiger partial charge in [-0.1, -0.05) is 30.3 Å². The van der Waals surface area contributed by atoms with Crippen molar-refractivity contribution in [3.63, 3.8) is 0 Å². The molecule has 4 heteroatoms. The summed E-state index contributed by atoms with van der Waals surface area (Å²) in [6, 6.07) is 18.4. The highest BCUT2D eigenvalue weighted by Gasteiger charge is 2.06. The molecule has 0 aliphatic carbocycles. The molecule has 0 fully saturated rings. The predicted molar refractivity (Wildman–Crippen MR) is 89.4 cm³/mol. The summed E-state index contributed by atoms with van der Waals surface area (Å²) in [6.45, 7) is 1.88. The number of aliphatic hydroxyl groups excluding tert-OH is 1. The minimum Gasteiger partial charge on any atom is -0.497 e. The van der Waals surface area contributed by atoms with Crippen LogP contribution in [0.3, 0.4) is 0 Å². The lowest BCUT2D eigenvalue weighted by molar-refractivity contribution is 0.289. The Labute approximate surface area is 132 Å². The molecular weight excluding hydrogens is 286 g/mol. The van der Waals surface area contributed by atoms with E-state index in [9.17, 15) is 0 Å². The third-order valence-corrected chi connectivity index (χ3v) is 3.24. The third kappa shape index (κ3) is 5.29. The summed E-state index contributed by atoms with van der Waals surface area (Å²) in [5.74, 6) is 0.871. The second-order valence-electron chi connectivity index (χ2n) is 4.68. The van der Waals surface area contributed by atoms with Gasteiger partial charge in [-0.2, -0.15) is 0 Å². The predicted octanol–water partition coefficient (Wildman–Crippen LogP) is 3.51. The Hall–Kier alpha value is -1.71. The molecule has 3 nitrogen and oxygen atoms in total. The molecule has 0 saturated heterocycles. The first kappa shape index (κ1) is 17.3. The van der Waals surface area contributed by atoms with Crippen LogP contribution in [0.5, 0.6) is 5.75 Å². The maximum Gasteiger partial charge on any atom is 0.118 e. The molecule has 0 spiro atoms. The Bertz CT molecular complexity index is 502. The van der Waals surface area contributed by atoms with E-state index in [2.05, 4.69) is 29.2 Å². The van der Waals surface area contributed by atoms with E-state index in [1.54, 1.807) is 7.11 Å². The zero-order chi connectivity index (χ0) is 14.2. The van der Waals surface area contributed by atoms with Crippen LogP contribution in [0, 0.1) is 0 Å². The van der Waals surface area contributed by atoms with Gasteiger partial charge in [-0.15, -0.1) is 12.4 Å². The lowest BCUT2D eigenvalue weighted by Crippen LogP contribution is -2.24. The van der Waals surface area contributed by atoms with Crippen molar-refractivity contribution in [1.82, 2.24) is 0 Å². The summed E-state index contributed by atoms with van der Waals surface area (Å²) < 4.78 is 5.18. The maximum absolute atomic E-state index is 9.05. The van der Waals surface area contributed by atoms with Crippen molar-refractivity contribution in [1.29, 1.82) is 0 Å². The standard InChI is InChI=1S/C17H21NO2.ClH/c1-20-17-10-8-15(9-11-17)14-18(12-5-13-19)16-6-3-2-4-7-16;/h2-4,6-11,19H,5,12-14H2,1H3;1H. The number of ether oxygens (including phenoxy) is 1. The first-order valence-corrected chi connectivity index (χ1v) is 6.87. The van der Waals surface area contributed by atoms with E-state index in [4.69, 9.17) is 9.84 Å². The van der Waals surface area contributed by atoms with E-state index in [-0.39, 0.29) is 19.0 Å². The highest BCUT2D eigenvalue weighted by molar-refractivity contribution is 5.85. The fourth-order valence-corrected chi connectivity index (χ4v) is 2.15. The molecule has 1 N–H and O–H groups in total. The maximum atomic E-state index is 9.05. The molecule has 2 aromatic carbocycles. The monoisotopic (exact) mass is 307 g/mol. The topological polar surface area (TPSA) is 32.7 Å². The molecule has 0 saturated carbocycles. The Balaban J connectivity index is 0.00000220. The summed E-state index contributed by atoms with van der Waals surface area (Å²) in [4.78, 5) is 2.28. The largest absolute Gasteiger partial charge is 0.497 e. The van der Waals surface area contributed by atoms with Crippen LogP contribution in [-0.4, -0.2) is 25.4 Å². The van der Waals surface area contributed by atoms with E-state index in [1.807, 2.05) is 30.3 Å². The number of anilines is 1. The normalized spacial score (nSPS) is 9.81.